The maximum atomic E-state index is 12.6. The van der Waals surface area contributed by atoms with E-state index in [2.05, 4.69) is 26.0 Å². The molecule has 0 fully saturated rings. The second-order valence-corrected chi connectivity index (χ2v) is 6.22. The number of carbonyl (C=O) groups is 1. The quantitative estimate of drug-likeness (QED) is 0.561. The van der Waals surface area contributed by atoms with Crippen LogP contribution in [0.15, 0.2) is 54.6 Å². The van der Waals surface area contributed by atoms with Gasteiger partial charge in [-0.3, -0.25) is 0 Å². The van der Waals surface area contributed by atoms with Crippen LogP contribution in [-0.2, 0) is 17.6 Å². The molecule has 0 aromatic heterocycles. The van der Waals surface area contributed by atoms with E-state index in [1.807, 2.05) is 42.5 Å². The first-order valence-corrected chi connectivity index (χ1v) is 9.07. The molecule has 0 bridgehead atoms. The van der Waals surface area contributed by atoms with E-state index in [0.29, 0.717) is 0 Å². The molecule has 1 atom stereocenters. The van der Waals surface area contributed by atoms with Crippen molar-refractivity contribution in [2.75, 3.05) is 0 Å². The minimum Gasteiger partial charge on any atom is -0.459 e. The first-order chi connectivity index (χ1) is 11.7. The fourth-order valence-electron chi connectivity index (χ4n) is 2.84. The van der Waals surface area contributed by atoms with Crippen LogP contribution in [-0.4, -0.2) is 12.1 Å². The zero-order valence-electron chi connectivity index (χ0n) is 14.8. The van der Waals surface area contributed by atoms with Crippen molar-refractivity contribution in [2.24, 2.45) is 0 Å². The molecule has 0 aliphatic carbocycles. The van der Waals surface area contributed by atoms with Crippen molar-refractivity contribution in [1.82, 2.24) is 0 Å². The Morgan fingerprint density at radius 1 is 0.958 bits per heavy atom. The minimum atomic E-state index is -0.179. The molecule has 0 amide bonds. The molecule has 2 aromatic rings. The molecule has 0 heterocycles. The van der Waals surface area contributed by atoms with Gasteiger partial charge in [0.25, 0.3) is 0 Å². The van der Waals surface area contributed by atoms with Gasteiger partial charge in [-0.15, -0.1) is 0 Å². The summed E-state index contributed by atoms with van der Waals surface area (Å²) < 4.78 is 5.79. The summed E-state index contributed by atoms with van der Waals surface area (Å²) >= 11 is 0. The van der Waals surface area contributed by atoms with E-state index in [1.165, 1.54) is 5.56 Å². The molecule has 2 heteroatoms. The van der Waals surface area contributed by atoms with E-state index < -0.39 is 0 Å². The normalized spacial score (nSPS) is 11.9. The Bertz CT molecular complexity index is 619. The third-order valence-corrected chi connectivity index (χ3v) is 4.36. The van der Waals surface area contributed by atoms with Gasteiger partial charge in [-0.1, -0.05) is 68.8 Å². The zero-order valence-corrected chi connectivity index (χ0v) is 14.8. The number of esters is 1. The van der Waals surface area contributed by atoms with Gasteiger partial charge >= 0.3 is 5.97 Å². The van der Waals surface area contributed by atoms with Crippen LogP contribution in [0.4, 0.5) is 0 Å². The molecule has 0 aliphatic heterocycles. The van der Waals surface area contributed by atoms with Gasteiger partial charge in [0.15, 0.2) is 0 Å². The Labute approximate surface area is 145 Å². The van der Waals surface area contributed by atoms with Crippen LogP contribution < -0.4 is 0 Å². The van der Waals surface area contributed by atoms with Crippen LogP contribution in [0.5, 0.6) is 0 Å². The minimum absolute atomic E-state index is 0.0306. The van der Waals surface area contributed by atoms with Gasteiger partial charge in [0.05, 0.1) is 5.56 Å². The predicted octanol–water partition coefficient (Wildman–Crippen LogP) is 5.60. The summed E-state index contributed by atoms with van der Waals surface area (Å²) in [6.45, 7) is 4.24. The third kappa shape index (κ3) is 5.52. The molecule has 0 N–H and O–H groups in total. The SMILES string of the molecule is CCCCc1ccccc1C(=O)OC(CC)CCc1ccccc1. The van der Waals surface area contributed by atoms with E-state index >= 15 is 0 Å². The van der Waals surface area contributed by atoms with Crippen molar-refractivity contribution in [3.05, 3.63) is 71.3 Å². The highest BCUT2D eigenvalue weighted by Gasteiger charge is 2.17. The standard InChI is InChI=1S/C22H28O2/c1-3-5-13-19-14-9-10-15-21(19)22(23)24-20(4-2)17-16-18-11-7-6-8-12-18/h6-12,14-15,20H,3-5,13,16-17H2,1-2H3. The lowest BCUT2D eigenvalue weighted by molar-refractivity contribution is 0.0272. The van der Waals surface area contributed by atoms with Crippen molar-refractivity contribution in [3.63, 3.8) is 0 Å². The average Bonchev–Trinajstić information content (AvgIpc) is 2.64. The first-order valence-electron chi connectivity index (χ1n) is 9.07. The molecule has 0 aliphatic rings. The van der Waals surface area contributed by atoms with E-state index in [4.69, 9.17) is 4.74 Å². The lowest BCUT2D eigenvalue weighted by Crippen LogP contribution is -2.19. The Morgan fingerprint density at radius 3 is 2.38 bits per heavy atom. The molecule has 0 saturated heterocycles. The van der Waals surface area contributed by atoms with Gasteiger partial charge in [0, 0.05) is 0 Å². The largest absolute Gasteiger partial charge is 0.459 e. The first kappa shape index (κ1) is 18.3. The Balaban J connectivity index is 1.96. The number of unbranched alkanes of at least 4 members (excludes halogenated alkanes) is 1. The highest BCUT2D eigenvalue weighted by Crippen LogP contribution is 2.17. The summed E-state index contributed by atoms with van der Waals surface area (Å²) in [5, 5.41) is 0. The van der Waals surface area contributed by atoms with E-state index in [-0.39, 0.29) is 12.1 Å². The molecule has 24 heavy (non-hydrogen) atoms. The van der Waals surface area contributed by atoms with Gasteiger partial charge in [0.1, 0.15) is 6.10 Å². The number of ether oxygens (including phenoxy) is 1. The zero-order chi connectivity index (χ0) is 17.2. The van der Waals surface area contributed by atoms with E-state index in [9.17, 15) is 4.79 Å². The van der Waals surface area contributed by atoms with Gasteiger partial charge in [-0.05, 0) is 49.3 Å². The maximum absolute atomic E-state index is 12.6. The third-order valence-electron chi connectivity index (χ3n) is 4.36. The van der Waals surface area contributed by atoms with Gasteiger partial charge < -0.3 is 4.74 Å². The number of rotatable bonds is 9. The molecule has 0 radical (unpaired) electrons. The number of aryl methyl sites for hydroxylation is 2. The smallest absolute Gasteiger partial charge is 0.338 e. The summed E-state index contributed by atoms with van der Waals surface area (Å²) in [7, 11) is 0. The maximum Gasteiger partial charge on any atom is 0.338 e. The summed E-state index contributed by atoms with van der Waals surface area (Å²) in [5.41, 5.74) is 3.11. The fourth-order valence-corrected chi connectivity index (χ4v) is 2.84. The van der Waals surface area contributed by atoms with Crippen LogP contribution >= 0.6 is 0 Å². The number of carbonyl (C=O) groups excluding carboxylic acids is 1. The predicted molar refractivity (Wildman–Crippen MR) is 99.3 cm³/mol. The molecule has 2 rings (SSSR count). The summed E-state index contributed by atoms with van der Waals surface area (Å²) in [6, 6.07) is 18.2. The van der Waals surface area contributed by atoms with Crippen LogP contribution in [0.1, 0.15) is 61.0 Å². The van der Waals surface area contributed by atoms with Crippen molar-refractivity contribution >= 4 is 5.97 Å². The van der Waals surface area contributed by atoms with Crippen LogP contribution in [0, 0.1) is 0 Å². The molecule has 128 valence electrons. The molecule has 2 aromatic carbocycles. The molecular weight excluding hydrogens is 296 g/mol. The van der Waals surface area contributed by atoms with Crippen LogP contribution in [0.2, 0.25) is 0 Å². The topological polar surface area (TPSA) is 26.3 Å². The fraction of sp³-hybridized carbons (Fsp3) is 0.409. The van der Waals surface area contributed by atoms with Gasteiger partial charge in [-0.2, -0.15) is 0 Å². The summed E-state index contributed by atoms with van der Waals surface area (Å²) in [4.78, 5) is 12.6. The highest BCUT2D eigenvalue weighted by atomic mass is 16.5. The lowest BCUT2D eigenvalue weighted by atomic mass is 10.0. The van der Waals surface area contributed by atoms with Crippen molar-refractivity contribution < 1.29 is 9.53 Å². The summed E-state index contributed by atoms with van der Waals surface area (Å²) in [6.07, 6.45) is 5.76. The average molecular weight is 324 g/mol. The van der Waals surface area contributed by atoms with Crippen LogP contribution in [0.3, 0.4) is 0 Å². The van der Waals surface area contributed by atoms with Crippen molar-refractivity contribution in [2.45, 2.75) is 58.5 Å². The van der Waals surface area contributed by atoms with Gasteiger partial charge in [-0.25, -0.2) is 4.79 Å². The monoisotopic (exact) mass is 324 g/mol. The molecule has 0 spiro atoms. The van der Waals surface area contributed by atoms with E-state index in [1.54, 1.807) is 0 Å². The van der Waals surface area contributed by atoms with Crippen molar-refractivity contribution in [3.8, 4) is 0 Å². The van der Waals surface area contributed by atoms with Gasteiger partial charge in [0.2, 0.25) is 0 Å². The number of hydrogen-bond acceptors (Lipinski definition) is 2. The lowest BCUT2D eigenvalue weighted by Gasteiger charge is -2.17. The van der Waals surface area contributed by atoms with Crippen molar-refractivity contribution in [1.29, 1.82) is 0 Å². The molecule has 1 unspecified atom stereocenters. The Morgan fingerprint density at radius 2 is 1.67 bits per heavy atom. The number of benzene rings is 2. The summed E-state index contributed by atoms with van der Waals surface area (Å²) in [5.74, 6) is -0.179. The van der Waals surface area contributed by atoms with Crippen LogP contribution in [0.25, 0.3) is 0 Å². The number of hydrogen-bond donors (Lipinski definition) is 0. The highest BCUT2D eigenvalue weighted by molar-refractivity contribution is 5.91. The molecule has 0 saturated carbocycles. The molecule has 2 nitrogen and oxygen atoms in total. The second kappa shape index (κ2) is 9.92. The Hall–Kier alpha value is -2.09. The van der Waals surface area contributed by atoms with E-state index in [0.717, 1.165) is 49.7 Å². The Kier molecular flexibility index (Phi) is 7.54. The second-order valence-electron chi connectivity index (χ2n) is 6.22. The molecular formula is C22H28O2.